The second kappa shape index (κ2) is 8.10. The van der Waals surface area contributed by atoms with Gasteiger partial charge >= 0.3 is 12.2 Å². The molecule has 2 aromatic carbocycles. The zero-order valence-corrected chi connectivity index (χ0v) is 16.7. The zero-order chi connectivity index (χ0) is 23.0. The number of ketones is 1. The Bertz CT molecular complexity index is 993. The highest BCUT2D eigenvalue weighted by Crippen LogP contribution is 2.45. The summed E-state index contributed by atoms with van der Waals surface area (Å²) in [6.07, 6.45) is -5.35. The monoisotopic (exact) mass is 438 g/mol. The Labute approximate surface area is 175 Å². The lowest BCUT2D eigenvalue weighted by atomic mass is 9.77. The standard InChI is InChI=1S/C21H21F3N2O5/c1-3-31-15-10-13(8-9-14(15)27)17-16(18(28)12-6-4-11(2)5-7-12)20(30,21(22,23)24)26-19(29)25-17/h4-10,16-17,27,30H,3H2,1-2H3,(H2,25,26,29)/t16-,17-,20+/m0/s1. The third-order valence-corrected chi connectivity index (χ3v) is 5.07. The van der Waals surface area contributed by atoms with Crippen molar-refractivity contribution in [2.24, 2.45) is 5.92 Å². The largest absolute Gasteiger partial charge is 0.504 e. The van der Waals surface area contributed by atoms with E-state index in [0.29, 0.717) is 0 Å². The summed E-state index contributed by atoms with van der Waals surface area (Å²) in [5.41, 5.74) is -3.06. The highest BCUT2D eigenvalue weighted by molar-refractivity contribution is 6.00. The molecule has 0 bridgehead atoms. The highest BCUT2D eigenvalue weighted by Gasteiger charge is 2.66. The Hall–Kier alpha value is -3.27. The molecule has 2 amide bonds. The van der Waals surface area contributed by atoms with Gasteiger partial charge in [-0.2, -0.15) is 13.2 Å². The first kappa shape index (κ1) is 22.4. The number of carbonyl (C=O) groups is 2. The second-order valence-corrected chi connectivity index (χ2v) is 7.21. The van der Waals surface area contributed by atoms with Gasteiger partial charge in [0.1, 0.15) is 5.92 Å². The molecule has 0 spiro atoms. The molecule has 31 heavy (non-hydrogen) atoms. The molecule has 4 N–H and O–H groups in total. The number of Topliss-reactive ketones (excluding diaryl/α,β-unsaturated/α-hetero) is 1. The maximum Gasteiger partial charge on any atom is 0.437 e. The quantitative estimate of drug-likeness (QED) is 0.537. The van der Waals surface area contributed by atoms with Crippen molar-refractivity contribution in [3.05, 3.63) is 59.2 Å². The van der Waals surface area contributed by atoms with Crippen molar-refractivity contribution in [2.75, 3.05) is 6.61 Å². The number of benzene rings is 2. The predicted octanol–water partition coefficient (Wildman–Crippen LogP) is 3.20. The van der Waals surface area contributed by atoms with Crippen molar-refractivity contribution in [3.63, 3.8) is 0 Å². The van der Waals surface area contributed by atoms with Gasteiger partial charge in [-0.25, -0.2) is 4.79 Å². The molecule has 0 aromatic heterocycles. The van der Waals surface area contributed by atoms with E-state index in [-0.39, 0.29) is 29.2 Å². The number of ether oxygens (including phenoxy) is 1. The number of hydrogen-bond acceptors (Lipinski definition) is 5. The number of halogens is 3. The van der Waals surface area contributed by atoms with E-state index in [1.807, 2.05) is 0 Å². The summed E-state index contributed by atoms with van der Waals surface area (Å²) < 4.78 is 47.1. The minimum Gasteiger partial charge on any atom is -0.504 e. The summed E-state index contributed by atoms with van der Waals surface area (Å²) in [7, 11) is 0. The SMILES string of the molecule is CCOc1cc([C@@H]2NC(=O)N[C@](O)(C(F)(F)F)[C@@H]2C(=O)c2ccc(C)cc2)ccc1O. The third-order valence-electron chi connectivity index (χ3n) is 5.07. The van der Waals surface area contributed by atoms with Crippen molar-refractivity contribution in [3.8, 4) is 11.5 Å². The van der Waals surface area contributed by atoms with Crippen LogP contribution in [0, 0.1) is 12.8 Å². The number of alkyl halides is 3. The van der Waals surface area contributed by atoms with Crippen molar-refractivity contribution < 1.29 is 37.7 Å². The highest BCUT2D eigenvalue weighted by atomic mass is 19.4. The molecule has 1 fully saturated rings. The average molecular weight is 438 g/mol. The number of aliphatic hydroxyl groups is 1. The van der Waals surface area contributed by atoms with Gasteiger partial charge < -0.3 is 25.6 Å². The molecule has 1 saturated heterocycles. The maximum atomic E-state index is 13.9. The lowest BCUT2D eigenvalue weighted by Gasteiger charge is -2.45. The van der Waals surface area contributed by atoms with Gasteiger partial charge in [0.15, 0.2) is 17.3 Å². The number of urea groups is 1. The summed E-state index contributed by atoms with van der Waals surface area (Å²) in [6, 6.07) is 6.60. The number of phenolic OH excluding ortho intramolecular Hbond substituents is 1. The van der Waals surface area contributed by atoms with Gasteiger partial charge in [-0.1, -0.05) is 35.9 Å². The molecule has 0 aliphatic carbocycles. The molecular formula is C21H21F3N2O5. The van der Waals surface area contributed by atoms with Crippen LogP contribution in [0.4, 0.5) is 18.0 Å². The van der Waals surface area contributed by atoms with E-state index >= 15 is 0 Å². The van der Waals surface area contributed by atoms with Gasteiger partial charge in [-0.3, -0.25) is 4.79 Å². The number of amides is 2. The molecule has 1 heterocycles. The van der Waals surface area contributed by atoms with E-state index < -0.39 is 35.7 Å². The average Bonchev–Trinajstić information content (AvgIpc) is 2.68. The Morgan fingerprint density at radius 1 is 1.19 bits per heavy atom. The number of hydrogen-bond donors (Lipinski definition) is 4. The summed E-state index contributed by atoms with van der Waals surface area (Å²) in [6.45, 7) is 3.55. The molecule has 0 unspecified atom stereocenters. The second-order valence-electron chi connectivity index (χ2n) is 7.21. The molecule has 2 aromatic rings. The molecule has 0 radical (unpaired) electrons. The minimum atomic E-state index is -5.35. The number of phenols is 1. The molecule has 3 atom stereocenters. The smallest absolute Gasteiger partial charge is 0.437 e. The van der Waals surface area contributed by atoms with Crippen LogP contribution in [-0.4, -0.2) is 40.5 Å². The fourth-order valence-corrected chi connectivity index (χ4v) is 3.51. The normalized spacial score (nSPS) is 23.6. The molecule has 10 heteroatoms. The lowest BCUT2D eigenvalue weighted by Crippen LogP contribution is -2.72. The van der Waals surface area contributed by atoms with Gasteiger partial charge in [0.25, 0.3) is 0 Å². The van der Waals surface area contributed by atoms with Crippen molar-refractivity contribution >= 4 is 11.8 Å². The number of rotatable bonds is 5. The molecular weight excluding hydrogens is 417 g/mol. The molecule has 0 saturated carbocycles. The van der Waals surface area contributed by atoms with E-state index in [1.54, 1.807) is 26.0 Å². The Balaban J connectivity index is 2.17. The van der Waals surface area contributed by atoms with Crippen LogP contribution in [-0.2, 0) is 0 Å². The van der Waals surface area contributed by atoms with Crippen LogP contribution in [0.25, 0.3) is 0 Å². The topological polar surface area (TPSA) is 108 Å². The molecule has 166 valence electrons. The predicted molar refractivity (Wildman–Crippen MR) is 104 cm³/mol. The van der Waals surface area contributed by atoms with Gasteiger partial charge in [0, 0.05) is 5.56 Å². The van der Waals surface area contributed by atoms with E-state index in [9.17, 15) is 33.0 Å². The summed E-state index contributed by atoms with van der Waals surface area (Å²) in [5.74, 6) is -3.49. The number of carbonyl (C=O) groups excluding carboxylic acids is 2. The summed E-state index contributed by atoms with van der Waals surface area (Å²) >= 11 is 0. The van der Waals surface area contributed by atoms with Crippen LogP contribution in [0.15, 0.2) is 42.5 Å². The van der Waals surface area contributed by atoms with Crippen LogP contribution in [0.3, 0.4) is 0 Å². The van der Waals surface area contributed by atoms with Crippen molar-refractivity contribution in [2.45, 2.75) is 31.8 Å². The minimum absolute atomic E-state index is 0.0372. The van der Waals surface area contributed by atoms with Crippen LogP contribution in [0.2, 0.25) is 0 Å². The first-order valence-corrected chi connectivity index (χ1v) is 9.42. The maximum absolute atomic E-state index is 13.9. The van der Waals surface area contributed by atoms with Gasteiger partial charge in [0.05, 0.1) is 12.6 Å². The Kier molecular flexibility index (Phi) is 5.86. The fourth-order valence-electron chi connectivity index (χ4n) is 3.51. The molecule has 1 aliphatic heterocycles. The van der Waals surface area contributed by atoms with E-state index in [4.69, 9.17) is 4.74 Å². The van der Waals surface area contributed by atoms with Crippen LogP contribution in [0.1, 0.15) is 34.5 Å². The summed E-state index contributed by atoms with van der Waals surface area (Å²) in [4.78, 5) is 25.3. The van der Waals surface area contributed by atoms with E-state index in [2.05, 4.69) is 5.32 Å². The molecule has 1 aliphatic rings. The number of aryl methyl sites for hydroxylation is 1. The van der Waals surface area contributed by atoms with E-state index in [1.165, 1.54) is 35.6 Å². The van der Waals surface area contributed by atoms with Gasteiger partial charge in [-0.15, -0.1) is 0 Å². The molecule has 3 rings (SSSR count). The first-order valence-electron chi connectivity index (χ1n) is 9.42. The lowest BCUT2D eigenvalue weighted by molar-refractivity contribution is -0.287. The van der Waals surface area contributed by atoms with Crippen molar-refractivity contribution in [1.29, 1.82) is 0 Å². The van der Waals surface area contributed by atoms with Crippen molar-refractivity contribution in [1.82, 2.24) is 10.6 Å². The van der Waals surface area contributed by atoms with E-state index in [0.717, 1.165) is 5.56 Å². The molecule has 7 nitrogen and oxygen atoms in total. The fraction of sp³-hybridized carbons (Fsp3) is 0.333. The number of aromatic hydroxyl groups is 1. The zero-order valence-electron chi connectivity index (χ0n) is 16.7. The van der Waals surface area contributed by atoms with Gasteiger partial charge in [0.2, 0.25) is 5.72 Å². The Morgan fingerprint density at radius 2 is 1.84 bits per heavy atom. The van der Waals surface area contributed by atoms with Crippen LogP contribution < -0.4 is 15.4 Å². The van der Waals surface area contributed by atoms with Crippen LogP contribution >= 0.6 is 0 Å². The van der Waals surface area contributed by atoms with Gasteiger partial charge in [-0.05, 0) is 31.5 Å². The summed E-state index contributed by atoms with van der Waals surface area (Å²) in [5, 5.41) is 24.3. The third kappa shape index (κ3) is 4.15. The first-order chi connectivity index (χ1) is 14.5. The number of nitrogens with one attached hydrogen (secondary N) is 2. The Morgan fingerprint density at radius 3 is 2.42 bits per heavy atom. The van der Waals surface area contributed by atoms with Crippen LogP contribution in [0.5, 0.6) is 11.5 Å².